The van der Waals surface area contributed by atoms with Crippen LogP contribution in [0.1, 0.15) is 47.5 Å². The quantitative estimate of drug-likeness (QED) is 0.606. The molecule has 0 aromatic carbocycles. The van der Waals surface area contributed by atoms with Crippen LogP contribution in [0.4, 0.5) is 0 Å². The van der Waals surface area contributed by atoms with Crippen molar-refractivity contribution in [1.82, 2.24) is 9.96 Å². The van der Waals surface area contributed by atoms with Crippen molar-refractivity contribution in [3.8, 4) is 0 Å². The van der Waals surface area contributed by atoms with Gasteiger partial charge in [-0.15, -0.1) is 0 Å². The number of hydrogen-bond acceptors (Lipinski definition) is 4. The van der Waals surface area contributed by atoms with E-state index >= 15 is 0 Å². The van der Waals surface area contributed by atoms with Crippen molar-refractivity contribution in [2.24, 2.45) is 0 Å². The van der Waals surface area contributed by atoms with Gasteiger partial charge in [-0.2, -0.15) is 5.06 Å². The first-order valence-corrected chi connectivity index (χ1v) is 6.69. The maximum absolute atomic E-state index is 12.0. The summed E-state index contributed by atoms with van der Waals surface area (Å²) in [5.41, 5.74) is -0.869. The highest BCUT2D eigenvalue weighted by Crippen LogP contribution is 2.38. The summed E-state index contributed by atoms with van der Waals surface area (Å²) < 4.78 is 0. The molecular formula is C14H26N2O3. The Kier molecular flexibility index (Phi) is 4.76. The number of aliphatic hydroxyl groups excluding tert-OH is 1. The van der Waals surface area contributed by atoms with Crippen molar-refractivity contribution < 1.29 is 15.1 Å². The standard InChI is InChI=1S/C14H26N2O3/c1-6-7-12(18)15(10-17)11-8-13(2,3)16(19)14(4,5)9-11/h6-7,11,17,19H,8-10H2,1-5H3/b7-6-. The first kappa shape index (κ1) is 16.1. The summed E-state index contributed by atoms with van der Waals surface area (Å²) in [5.74, 6) is -0.187. The summed E-state index contributed by atoms with van der Waals surface area (Å²) in [6, 6.07) is -0.0814. The van der Waals surface area contributed by atoms with E-state index in [0.717, 1.165) is 0 Å². The second-order valence-electron chi connectivity index (χ2n) is 6.45. The van der Waals surface area contributed by atoms with E-state index in [1.54, 1.807) is 13.0 Å². The Balaban J connectivity index is 2.97. The van der Waals surface area contributed by atoms with Crippen molar-refractivity contribution in [3.05, 3.63) is 12.2 Å². The van der Waals surface area contributed by atoms with Crippen LogP contribution in [0.2, 0.25) is 0 Å². The highest BCUT2D eigenvalue weighted by Gasteiger charge is 2.47. The van der Waals surface area contributed by atoms with Gasteiger partial charge in [-0.25, -0.2) is 0 Å². The number of allylic oxidation sites excluding steroid dienone is 1. The first-order valence-electron chi connectivity index (χ1n) is 6.69. The summed E-state index contributed by atoms with van der Waals surface area (Å²) in [4.78, 5) is 13.4. The van der Waals surface area contributed by atoms with Crippen molar-refractivity contribution >= 4 is 5.91 Å². The highest BCUT2D eigenvalue weighted by atomic mass is 16.5. The molecule has 5 heteroatoms. The van der Waals surface area contributed by atoms with Crippen LogP contribution < -0.4 is 0 Å². The Hall–Kier alpha value is -0.910. The Morgan fingerprint density at radius 2 is 1.79 bits per heavy atom. The summed E-state index contributed by atoms with van der Waals surface area (Å²) in [6.07, 6.45) is 4.37. The monoisotopic (exact) mass is 270 g/mol. The predicted molar refractivity (Wildman–Crippen MR) is 73.6 cm³/mol. The lowest BCUT2D eigenvalue weighted by Crippen LogP contribution is -2.63. The van der Waals surface area contributed by atoms with Gasteiger partial charge in [-0.05, 0) is 53.5 Å². The number of rotatable bonds is 3. The molecule has 2 N–H and O–H groups in total. The Labute approximate surface area is 115 Å². The smallest absolute Gasteiger partial charge is 0.248 e. The minimum absolute atomic E-state index is 0.0814. The molecule has 1 amide bonds. The van der Waals surface area contributed by atoms with Gasteiger partial charge in [-0.3, -0.25) is 4.79 Å². The Morgan fingerprint density at radius 1 is 1.32 bits per heavy atom. The molecule has 0 atom stereocenters. The lowest BCUT2D eigenvalue weighted by molar-refractivity contribution is -0.252. The number of carbonyl (C=O) groups excluding carboxylic acids is 1. The summed E-state index contributed by atoms with van der Waals surface area (Å²) in [6.45, 7) is 9.24. The third kappa shape index (κ3) is 3.35. The number of carbonyl (C=O) groups is 1. The maximum atomic E-state index is 12.0. The van der Waals surface area contributed by atoms with E-state index in [1.165, 1.54) is 16.0 Å². The van der Waals surface area contributed by atoms with Crippen molar-refractivity contribution in [3.63, 3.8) is 0 Å². The average Bonchev–Trinajstić information content (AvgIpc) is 2.26. The number of hydroxylamine groups is 2. The lowest BCUT2D eigenvalue weighted by Gasteiger charge is -2.53. The molecule has 1 saturated heterocycles. The zero-order valence-corrected chi connectivity index (χ0v) is 12.6. The molecule has 1 heterocycles. The second kappa shape index (κ2) is 5.61. The summed E-state index contributed by atoms with van der Waals surface area (Å²) >= 11 is 0. The molecule has 1 aliphatic rings. The number of piperidine rings is 1. The SMILES string of the molecule is C/C=C\C(=O)N(CO)C1CC(C)(C)N(O)C(C)(C)C1. The lowest BCUT2D eigenvalue weighted by atomic mass is 9.78. The molecule has 0 aliphatic carbocycles. The number of amides is 1. The van der Waals surface area contributed by atoms with Crippen LogP contribution in [-0.4, -0.2) is 50.0 Å². The largest absolute Gasteiger partial charge is 0.376 e. The molecule has 0 aromatic heterocycles. The molecule has 19 heavy (non-hydrogen) atoms. The van der Waals surface area contributed by atoms with E-state index in [-0.39, 0.29) is 18.7 Å². The van der Waals surface area contributed by atoms with Gasteiger partial charge in [0.2, 0.25) is 5.91 Å². The second-order valence-corrected chi connectivity index (χ2v) is 6.45. The fraction of sp³-hybridized carbons (Fsp3) is 0.786. The van der Waals surface area contributed by atoms with E-state index in [2.05, 4.69) is 0 Å². The highest BCUT2D eigenvalue weighted by molar-refractivity contribution is 5.87. The minimum Gasteiger partial charge on any atom is -0.376 e. The van der Waals surface area contributed by atoms with Crippen LogP contribution in [0.5, 0.6) is 0 Å². The molecule has 0 radical (unpaired) electrons. The molecule has 0 aromatic rings. The number of aliphatic hydroxyl groups is 1. The van der Waals surface area contributed by atoms with E-state index in [9.17, 15) is 15.1 Å². The summed E-state index contributed by atoms with van der Waals surface area (Å²) in [7, 11) is 0. The normalized spacial score (nSPS) is 23.7. The first-order chi connectivity index (χ1) is 8.65. The van der Waals surface area contributed by atoms with Crippen molar-refractivity contribution in [2.75, 3.05) is 6.73 Å². The van der Waals surface area contributed by atoms with Crippen LogP contribution >= 0.6 is 0 Å². The van der Waals surface area contributed by atoms with E-state index in [4.69, 9.17) is 0 Å². The van der Waals surface area contributed by atoms with Gasteiger partial charge in [0.15, 0.2) is 0 Å². The third-order valence-corrected chi connectivity index (χ3v) is 3.80. The van der Waals surface area contributed by atoms with Gasteiger partial charge in [0, 0.05) is 17.1 Å². The van der Waals surface area contributed by atoms with Gasteiger partial charge in [-0.1, -0.05) is 6.08 Å². The van der Waals surface area contributed by atoms with Crippen LogP contribution in [0, 0.1) is 0 Å². The minimum atomic E-state index is -0.434. The molecule has 0 unspecified atom stereocenters. The Morgan fingerprint density at radius 3 is 2.16 bits per heavy atom. The summed E-state index contributed by atoms with van der Waals surface area (Å²) in [5, 5.41) is 21.1. The van der Waals surface area contributed by atoms with Gasteiger partial charge < -0.3 is 15.2 Å². The fourth-order valence-corrected chi connectivity index (χ4v) is 3.04. The topological polar surface area (TPSA) is 64.0 Å². The zero-order chi connectivity index (χ0) is 14.8. The number of hydrogen-bond donors (Lipinski definition) is 2. The fourth-order valence-electron chi connectivity index (χ4n) is 3.04. The number of nitrogens with zero attached hydrogens (tertiary/aromatic N) is 2. The van der Waals surface area contributed by atoms with Gasteiger partial charge in [0.1, 0.15) is 6.73 Å². The zero-order valence-electron chi connectivity index (χ0n) is 12.6. The average molecular weight is 270 g/mol. The van der Waals surface area contributed by atoms with Crippen LogP contribution in [0.15, 0.2) is 12.2 Å². The molecule has 1 aliphatic heterocycles. The van der Waals surface area contributed by atoms with Gasteiger partial charge >= 0.3 is 0 Å². The van der Waals surface area contributed by atoms with Crippen LogP contribution in [0.3, 0.4) is 0 Å². The van der Waals surface area contributed by atoms with Gasteiger partial charge in [0.25, 0.3) is 0 Å². The molecular weight excluding hydrogens is 244 g/mol. The van der Waals surface area contributed by atoms with E-state index in [1.807, 2.05) is 27.7 Å². The Bertz CT molecular complexity index is 346. The van der Waals surface area contributed by atoms with E-state index < -0.39 is 11.1 Å². The molecule has 0 saturated carbocycles. The molecule has 5 nitrogen and oxygen atoms in total. The molecule has 1 rings (SSSR count). The molecule has 0 bridgehead atoms. The van der Waals surface area contributed by atoms with Gasteiger partial charge in [0.05, 0.1) is 0 Å². The molecule has 110 valence electrons. The van der Waals surface area contributed by atoms with Crippen molar-refractivity contribution in [2.45, 2.75) is 64.6 Å². The van der Waals surface area contributed by atoms with Crippen molar-refractivity contribution in [1.29, 1.82) is 0 Å². The molecule has 0 spiro atoms. The predicted octanol–water partition coefficient (Wildman–Crippen LogP) is 1.75. The molecule has 1 fully saturated rings. The maximum Gasteiger partial charge on any atom is 0.248 e. The third-order valence-electron chi connectivity index (χ3n) is 3.80. The van der Waals surface area contributed by atoms with E-state index in [0.29, 0.717) is 12.8 Å². The van der Waals surface area contributed by atoms with Crippen LogP contribution in [0.25, 0.3) is 0 Å². The van der Waals surface area contributed by atoms with Crippen LogP contribution in [-0.2, 0) is 4.79 Å².